The van der Waals surface area contributed by atoms with Crippen molar-refractivity contribution in [1.82, 2.24) is 15.3 Å². The van der Waals surface area contributed by atoms with E-state index in [1.807, 2.05) is 48.5 Å². The van der Waals surface area contributed by atoms with Crippen molar-refractivity contribution in [3.63, 3.8) is 0 Å². The number of aromatic nitrogens is 2. The molecule has 2 heterocycles. The molecule has 4 N–H and O–H groups in total. The van der Waals surface area contributed by atoms with Gasteiger partial charge in [0.25, 0.3) is 0 Å². The molecular weight excluding hydrogens is 326 g/mol. The quantitative estimate of drug-likeness (QED) is 0.515. The number of pyridine rings is 2. The maximum Gasteiger partial charge on any atom is 0.221 e. The standard InChI is InChI=1S/C20H23N5O/c21-19(26)13-15-5-3-7-18-17(15)8-9-20(25-18)24-12-4-10-22-14-16-6-1-2-11-23-16/h1-3,5-9,11,22H,4,10,12-14H2,(H2,21,26)(H,24,25). The molecule has 6 nitrogen and oxygen atoms in total. The molecule has 0 aliphatic rings. The van der Waals surface area contributed by atoms with E-state index in [0.717, 1.165) is 54.0 Å². The average molecular weight is 349 g/mol. The first-order chi connectivity index (χ1) is 12.7. The van der Waals surface area contributed by atoms with Crippen molar-refractivity contribution in [2.45, 2.75) is 19.4 Å². The highest BCUT2D eigenvalue weighted by atomic mass is 16.1. The highest BCUT2D eigenvalue weighted by Gasteiger charge is 2.05. The molecule has 2 aromatic heterocycles. The van der Waals surface area contributed by atoms with Gasteiger partial charge in [0, 0.05) is 24.7 Å². The second kappa shape index (κ2) is 8.92. The van der Waals surface area contributed by atoms with Crippen molar-refractivity contribution < 1.29 is 4.79 Å². The fraction of sp³-hybridized carbons (Fsp3) is 0.250. The van der Waals surface area contributed by atoms with E-state index < -0.39 is 0 Å². The molecule has 0 unspecified atom stereocenters. The maximum atomic E-state index is 11.2. The number of primary amides is 1. The lowest BCUT2D eigenvalue weighted by Gasteiger charge is -2.09. The number of nitrogens with one attached hydrogen (secondary N) is 2. The second-order valence-corrected chi connectivity index (χ2v) is 6.10. The first-order valence-electron chi connectivity index (χ1n) is 8.74. The lowest BCUT2D eigenvalue weighted by molar-refractivity contribution is -0.117. The van der Waals surface area contributed by atoms with Crippen LogP contribution in [-0.2, 0) is 17.8 Å². The van der Waals surface area contributed by atoms with E-state index in [-0.39, 0.29) is 12.3 Å². The average Bonchev–Trinajstić information content (AvgIpc) is 2.65. The molecule has 3 rings (SSSR count). The minimum absolute atomic E-state index is 0.230. The predicted octanol–water partition coefficient (Wildman–Crippen LogP) is 2.25. The summed E-state index contributed by atoms with van der Waals surface area (Å²) in [6, 6.07) is 15.6. The molecule has 1 amide bonds. The van der Waals surface area contributed by atoms with Crippen molar-refractivity contribution in [2.75, 3.05) is 18.4 Å². The van der Waals surface area contributed by atoms with Crippen LogP contribution in [0.1, 0.15) is 17.7 Å². The Balaban J connectivity index is 1.48. The summed E-state index contributed by atoms with van der Waals surface area (Å²) in [6.45, 7) is 2.51. The number of fused-ring (bicyclic) bond motifs is 1. The van der Waals surface area contributed by atoms with Crippen molar-refractivity contribution in [1.29, 1.82) is 0 Å². The fourth-order valence-electron chi connectivity index (χ4n) is 2.81. The van der Waals surface area contributed by atoms with Gasteiger partial charge in [-0.1, -0.05) is 18.2 Å². The molecule has 1 aromatic carbocycles. The van der Waals surface area contributed by atoms with Gasteiger partial charge in [-0.15, -0.1) is 0 Å². The molecule has 0 saturated heterocycles. The zero-order chi connectivity index (χ0) is 18.2. The Kier molecular flexibility index (Phi) is 6.11. The highest BCUT2D eigenvalue weighted by Crippen LogP contribution is 2.19. The van der Waals surface area contributed by atoms with Gasteiger partial charge in [-0.2, -0.15) is 0 Å². The second-order valence-electron chi connectivity index (χ2n) is 6.10. The smallest absolute Gasteiger partial charge is 0.221 e. The van der Waals surface area contributed by atoms with Crippen molar-refractivity contribution in [3.05, 3.63) is 66.0 Å². The summed E-state index contributed by atoms with van der Waals surface area (Å²) in [5, 5.41) is 7.68. The number of anilines is 1. The van der Waals surface area contributed by atoms with Gasteiger partial charge in [0.15, 0.2) is 0 Å². The fourth-order valence-corrected chi connectivity index (χ4v) is 2.81. The zero-order valence-corrected chi connectivity index (χ0v) is 14.6. The number of rotatable bonds is 9. The Bertz CT molecular complexity index is 866. The molecule has 0 atom stereocenters. The van der Waals surface area contributed by atoms with Gasteiger partial charge in [-0.3, -0.25) is 9.78 Å². The van der Waals surface area contributed by atoms with E-state index in [4.69, 9.17) is 5.73 Å². The first-order valence-corrected chi connectivity index (χ1v) is 8.74. The van der Waals surface area contributed by atoms with Crippen LogP contribution in [0.5, 0.6) is 0 Å². The van der Waals surface area contributed by atoms with E-state index in [0.29, 0.717) is 0 Å². The molecule has 0 aliphatic heterocycles. The number of hydrogen-bond acceptors (Lipinski definition) is 5. The zero-order valence-electron chi connectivity index (χ0n) is 14.6. The minimum atomic E-state index is -0.335. The summed E-state index contributed by atoms with van der Waals surface area (Å²) in [5.74, 6) is 0.497. The molecule has 0 radical (unpaired) electrons. The molecule has 0 saturated carbocycles. The predicted molar refractivity (Wildman–Crippen MR) is 104 cm³/mol. The molecule has 0 aliphatic carbocycles. The minimum Gasteiger partial charge on any atom is -0.370 e. The number of amides is 1. The molecule has 26 heavy (non-hydrogen) atoms. The van der Waals surface area contributed by atoms with Gasteiger partial charge in [-0.05, 0) is 48.9 Å². The summed E-state index contributed by atoms with van der Waals surface area (Å²) >= 11 is 0. The summed E-state index contributed by atoms with van der Waals surface area (Å²) < 4.78 is 0. The molecular formula is C20H23N5O. The van der Waals surface area contributed by atoms with Gasteiger partial charge >= 0.3 is 0 Å². The Labute approximate surface area is 152 Å². The number of carbonyl (C=O) groups excluding carboxylic acids is 1. The molecule has 0 fully saturated rings. The molecule has 3 aromatic rings. The lowest BCUT2D eigenvalue weighted by Crippen LogP contribution is -2.18. The Hall–Kier alpha value is -2.99. The molecule has 0 bridgehead atoms. The van der Waals surface area contributed by atoms with Gasteiger partial charge in [0.05, 0.1) is 17.6 Å². The first kappa shape index (κ1) is 17.8. The van der Waals surface area contributed by atoms with Gasteiger partial charge in [-0.25, -0.2) is 4.98 Å². The normalized spacial score (nSPS) is 10.8. The summed E-state index contributed by atoms with van der Waals surface area (Å²) in [6.07, 6.45) is 3.01. The van der Waals surface area contributed by atoms with Crippen LogP contribution in [0.15, 0.2) is 54.7 Å². The number of nitrogens with zero attached hydrogens (tertiary/aromatic N) is 2. The van der Waals surface area contributed by atoms with E-state index in [9.17, 15) is 4.79 Å². The summed E-state index contributed by atoms with van der Waals surface area (Å²) in [5.41, 5.74) is 8.12. The monoisotopic (exact) mass is 349 g/mol. The SMILES string of the molecule is NC(=O)Cc1cccc2nc(NCCCNCc3ccccn3)ccc12. The Morgan fingerprint density at radius 1 is 1.04 bits per heavy atom. The van der Waals surface area contributed by atoms with Crippen molar-refractivity contribution in [2.24, 2.45) is 5.73 Å². The summed E-state index contributed by atoms with van der Waals surface area (Å²) in [4.78, 5) is 20.1. The number of nitrogens with two attached hydrogens (primary N) is 1. The van der Waals surface area contributed by atoms with Gasteiger partial charge in [0.2, 0.25) is 5.91 Å². The summed E-state index contributed by atoms with van der Waals surface area (Å²) in [7, 11) is 0. The lowest BCUT2D eigenvalue weighted by atomic mass is 10.1. The number of benzene rings is 1. The van der Waals surface area contributed by atoms with Crippen molar-refractivity contribution >= 4 is 22.6 Å². The third-order valence-electron chi connectivity index (χ3n) is 4.06. The van der Waals surface area contributed by atoms with Crippen LogP contribution in [0.2, 0.25) is 0 Å². The molecule has 0 spiro atoms. The Morgan fingerprint density at radius 3 is 2.77 bits per heavy atom. The van der Waals surface area contributed by atoms with E-state index >= 15 is 0 Å². The Morgan fingerprint density at radius 2 is 1.96 bits per heavy atom. The topological polar surface area (TPSA) is 92.9 Å². The number of hydrogen-bond donors (Lipinski definition) is 3. The van der Waals surface area contributed by atoms with E-state index in [2.05, 4.69) is 20.6 Å². The third-order valence-corrected chi connectivity index (χ3v) is 4.06. The van der Waals surface area contributed by atoms with Crippen LogP contribution in [0.3, 0.4) is 0 Å². The van der Waals surface area contributed by atoms with Crippen LogP contribution in [0, 0.1) is 0 Å². The van der Waals surface area contributed by atoms with E-state index in [1.54, 1.807) is 6.20 Å². The van der Waals surface area contributed by atoms with Gasteiger partial charge in [0.1, 0.15) is 5.82 Å². The third kappa shape index (κ3) is 5.00. The molecule has 6 heteroatoms. The van der Waals surface area contributed by atoms with E-state index in [1.165, 1.54) is 0 Å². The highest BCUT2D eigenvalue weighted by molar-refractivity contribution is 5.88. The van der Waals surface area contributed by atoms with Crippen LogP contribution in [0.4, 0.5) is 5.82 Å². The van der Waals surface area contributed by atoms with Crippen molar-refractivity contribution in [3.8, 4) is 0 Å². The number of carbonyl (C=O) groups is 1. The van der Waals surface area contributed by atoms with Gasteiger partial charge < -0.3 is 16.4 Å². The molecule has 134 valence electrons. The van der Waals surface area contributed by atoms with Crippen LogP contribution >= 0.6 is 0 Å². The van der Waals surface area contributed by atoms with Crippen LogP contribution in [-0.4, -0.2) is 29.0 Å². The largest absolute Gasteiger partial charge is 0.370 e. The maximum absolute atomic E-state index is 11.2. The van der Waals surface area contributed by atoms with Crippen LogP contribution in [0.25, 0.3) is 10.9 Å². The van der Waals surface area contributed by atoms with Crippen LogP contribution < -0.4 is 16.4 Å².